The van der Waals surface area contributed by atoms with Gasteiger partial charge in [-0.1, -0.05) is 0 Å². The quantitative estimate of drug-likeness (QED) is 0.580. The van der Waals surface area contributed by atoms with Crippen LogP contribution in [0.25, 0.3) is 0 Å². The molecule has 0 saturated carbocycles. The van der Waals surface area contributed by atoms with E-state index in [9.17, 15) is 9.59 Å². The Bertz CT molecular complexity index is 328. The van der Waals surface area contributed by atoms with Crippen LogP contribution in [0.5, 0.6) is 0 Å². The molecule has 1 fully saturated rings. The minimum absolute atomic E-state index is 0.0668. The lowest BCUT2D eigenvalue weighted by molar-refractivity contribution is -0.146. The third-order valence-electron chi connectivity index (χ3n) is 2.01. The second-order valence-electron chi connectivity index (χ2n) is 2.79. The Morgan fingerprint density at radius 2 is 2.38 bits per heavy atom. The second kappa shape index (κ2) is 3.16. The van der Waals surface area contributed by atoms with E-state index < -0.39 is 5.97 Å². The molecule has 1 saturated heterocycles. The predicted molar refractivity (Wildman–Crippen MR) is 56.4 cm³/mol. The summed E-state index contributed by atoms with van der Waals surface area (Å²) in [5.74, 6) is -0.372. The van der Waals surface area contributed by atoms with E-state index in [1.165, 1.54) is 4.90 Å². The van der Waals surface area contributed by atoms with Gasteiger partial charge in [-0.15, -0.1) is 11.8 Å². The molecule has 1 unspecified atom stereocenters. The van der Waals surface area contributed by atoms with Crippen LogP contribution >= 0.6 is 34.4 Å². The van der Waals surface area contributed by atoms with Crippen molar-refractivity contribution in [3.8, 4) is 0 Å². The summed E-state index contributed by atoms with van der Waals surface area (Å²) in [7, 11) is 0. The smallest absolute Gasteiger partial charge is 0.353 e. The zero-order valence-electron chi connectivity index (χ0n) is 6.49. The molecule has 0 aliphatic carbocycles. The summed E-state index contributed by atoms with van der Waals surface area (Å²) in [5.41, 5.74) is 0.181. The number of nitrogens with zero attached hydrogens (tertiary/aromatic N) is 1. The zero-order valence-corrected chi connectivity index (χ0v) is 9.46. The molecule has 2 aliphatic rings. The average Bonchev–Trinajstić information content (AvgIpc) is 2.05. The highest BCUT2D eigenvalue weighted by atomic mass is 127. The summed E-state index contributed by atoms with van der Waals surface area (Å²) in [6.07, 6.45) is 0.478. The monoisotopic (exact) mass is 311 g/mol. The Morgan fingerprint density at radius 3 is 2.85 bits per heavy atom. The van der Waals surface area contributed by atoms with Crippen molar-refractivity contribution in [1.29, 1.82) is 0 Å². The van der Waals surface area contributed by atoms with Gasteiger partial charge in [-0.05, 0) is 22.6 Å². The van der Waals surface area contributed by atoms with E-state index in [0.717, 1.165) is 3.58 Å². The molecule has 1 amide bonds. The largest absolute Gasteiger partial charge is 0.477 e. The molecule has 2 aliphatic heterocycles. The molecule has 0 bridgehead atoms. The van der Waals surface area contributed by atoms with Crippen LogP contribution in [0, 0.1) is 0 Å². The maximum Gasteiger partial charge on any atom is 0.353 e. The maximum absolute atomic E-state index is 11.1. The number of aliphatic carboxylic acids is 1. The Labute approximate surface area is 92.5 Å². The number of carbonyl (C=O) groups is 2. The van der Waals surface area contributed by atoms with Gasteiger partial charge in [0.25, 0.3) is 0 Å². The molecule has 0 spiro atoms. The SMILES string of the molecule is O=C(O)C1=C(I)CSC2CC(=O)N12. The summed E-state index contributed by atoms with van der Waals surface area (Å²) in [6.45, 7) is 0. The Kier molecular flexibility index (Phi) is 2.26. The highest BCUT2D eigenvalue weighted by Gasteiger charge is 2.44. The molecule has 2 rings (SSSR count). The summed E-state index contributed by atoms with van der Waals surface area (Å²) >= 11 is 3.61. The van der Waals surface area contributed by atoms with Crippen LogP contribution in [0.2, 0.25) is 0 Å². The van der Waals surface area contributed by atoms with E-state index in [1.54, 1.807) is 11.8 Å². The van der Waals surface area contributed by atoms with Crippen molar-refractivity contribution in [3.05, 3.63) is 9.28 Å². The fraction of sp³-hybridized carbons (Fsp3) is 0.429. The van der Waals surface area contributed by atoms with Crippen molar-refractivity contribution in [2.75, 3.05) is 5.75 Å². The summed E-state index contributed by atoms with van der Waals surface area (Å²) in [4.78, 5) is 23.4. The number of hydrogen-bond donors (Lipinski definition) is 1. The molecule has 0 aromatic heterocycles. The van der Waals surface area contributed by atoms with Gasteiger partial charge in [0.15, 0.2) is 0 Å². The van der Waals surface area contributed by atoms with Gasteiger partial charge in [0.05, 0.1) is 11.8 Å². The van der Waals surface area contributed by atoms with Gasteiger partial charge in [0, 0.05) is 9.33 Å². The molecule has 0 aromatic carbocycles. The van der Waals surface area contributed by atoms with Crippen LogP contribution in [-0.2, 0) is 9.59 Å². The number of carboxylic acids is 1. The van der Waals surface area contributed by atoms with Crippen LogP contribution in [0.3, 0.4) is 0 Å². The molecule has 0 radical (unpaired) electrons. The van der Waals surface area contributed by atoms with Crippen LogP contribution in [-0.4, -0.2) is 33.0 Å². The molecule has 4 nitrogen and oxygen atoms in total. The number of β-lactam (4-membered cyclic amide) rings is 1. The van der Waals surface area contributed by atoms with Gasteiger partial charge in [-0.25, -0.2) is 4.79 Å². The standard InChI is InChI=1S/C7H6INO3S/c8-3-2-13-5-1-4(10)9(5)6(3)7(11)12/h5H,1-2H2,(H,11,12). The highest BCUT2D eigenvalue weighted by molar-refractivity contribution is 14.1. The number of carboxylic acid groups (broad SMARTS) is 1. The fourth-order valence-corrected chi connectivity index (χ4v) is 3.51. The molecule has 13 heavy (non-hydrogen) atoms. The minimum atomic E-state index is -0.997. The first-order valence-corrected chi connectivity index (χ1v) is 5.79. The van der Waals surface area contributed by atoms with Crippen molar-refractivity contribution in [3.63, 3.8) is 0 Å². The maximum atomic E-state index is 11.1. The molecule has 70 valence electrons. The number of carbonyl (C=O) groups excluding carboxylic acids is 1. The second-order valence-corrected chi connectivity index (χ2v) is 5.26. The average molecular weight is 311 g/mol. The highest BCUT2D eigenvalue weighted by Crippen LogP contribution is 2.41. The van der Waals surface area contributed by atoms with Gasteiger partial charge in [0.2, 0.25) is 5.91 Å². The third kappa shape index (κ3) is 1.35. The number of thioether (sulfide) groups is 1. The van der Waals surface area contributed by atoms with E-state index in [4.69, 9.17) is 5.11 Å². The Hall–Kier alpha value is -0.240. The predicted octanol–water partition coefficient (Wildman–Crippen LogP) is 1.02. The first kappa shape index (κ1) is 9.32. The fourth-order valence-electron chi connectivity index (χ4n) is 1.38. The summed E-state index contributed by atoms with van der Waals surface area (Å²) in [5, 5.41) is 8.95. The lowest BCUT2D eigenvalue weighted by Gasteiger charge is -2.43. The van der Waals surface area contributed by atoms with E-state index in [1.807, 2.05) is 22.6 Å². The van der Waals surface area contributed by atoms with E-state index >= 15 is 0 Å². The number of hydrogen-bond acceptors (Lipinski definition) is 3. The number of fused-ring (bicyclic) bond motifs is 1. The molecule has 1 atom stereocenters. The topological polar surface area (TPSA) is 57.6 Å². The van der Waals surface area contributed by atoms with Crippen molar-refractivity contribution in [1.82, 2.24) is 4.90 Å². The number of halogens is 1. The summed E-state index contributed by atoms with van der Waals surface area (Å²) < 4.78 is 0.749. The molecule has 6 heteroatoms. The third-order valence-corrected chi connectivity index (χ3v) is 4.64. The first-order chi connectivity index (χ1) is 6.11. The van der Waals surface area contributed by atoms with Gasteiger partial charge in [-0.3, -0.25) is 9.69 Å². The molecule has 1 N–H and O–H groups in total. The lowest BCUT2D eigenvalue weighted by Crippen LogP contribution is -2.53. The number of rotatable bonds is 1. The Morgan fingerprint density at radius 1 is 1.69 bits per heavy atom. The first-order valence-electron chi connectivity index (χ1n) is 3.67. The van der Waals surface area contributed by atoms with Crippen molar-refractivity contribution < 1.29 is 14.7 Å². The van der Waals surface area contributed by atoms with Crippen LogP contribution in [0.1, 0.15) is 6.42 Å². The van der Waals surface area contributed by atoms with Gasteiger partial charge in [0.1, 0.15) is 5.70 Å². The number of amides is 1. The van der Waals surface area contributed by atoms with Gasteiger partial charge in [-0.2, -0.15) is 0 Å². The zero-order chi connectivity index (χ0) is 9.59. The summed E-state index contributed by atoms with van der Waals surface area (Å²) in [6, 6.07) is 0. The van der Waals surface area contributed by atoms with E-state index in [2.05, 4.69) is 0 Å². The van der Waals surface area contributed by atoms with Crippen molar-refractivity contribution in [2.24, 2.45) is 0 Å². The molecule has 0 aromatic rings. The molecule has 2 heterocycles. The lowest BCUT2D eigenvalue weighted by atomic mass is 10.1. The van der Waals surface area contributed by atoms with Gasteiger partial charge >= 0.3 is 5.97 Å². The van der Waals surface area contributed by atoms with Crippen molar-refractivity contribution >= 4 is 46.2 Å². The van der Waals surface area contributed by atoms with Crippen LogP contribution < -0.4 is 0 Å². The molecular weight excluding hydrogens is 305 g/mol. The normalized spacial score (nSPS) is 27.0. The minimum Gasteiger partial charge on any atom is -0.477 e. The van der Waals surface area contributed by atoms with E-state index in [0.29, 0.717) is 12.2 Å². The Balaban J connectivity index is 2.37. The van der Waals surface area contributed by atoms with Crippen LogP contribution in [0.15, 0.2) is 9.28 Å². The van der Waals surface area contributed by atoms with Crippen molar-refractivity contribution in [2.45, 2.75) is 11.8 Å². The molecular formula is C7H6INO3S. The van der Waals surface area contributed by atoms with Crippen LogP contribution in [0.4, 0.5) is 0 Å². The van der Waals surface area contributed by atoms with E-state index in [-0.39, 0.29) is 17.0 Å². The van der Waals surface area contributed by atoms with Gasteiger partial charge < -0.3 is 5.11 Å².